The number of hydrogen-bond donors (Lipinski definition) is 2. The molecule has 1 fully saturated rings. The Bertz CT molecular complexity index is 766. The minimum Gasteiger partial charge on any atom is -0.493 e. The van der Waals surface area contributed by atoms with Gasteiger partial charge in [0.1, 0.15) is 0 Å². The zero-order chi connectivity index (χ0) is 19.1. The average molecular weight is 369 g/mol. The van der Waals surface area contributed by atoms with Gasteiger partial charge >= 0.3 is 6.03 Å². The Hall–Kier alpha value is -2.73. The number of piperidine rings is 1. The largest absolute Gasteiger partial charge is 0.493 e. The molecule has 2 aromatic rings. The minimum atomic E-state index is -0.231. The maximum absolute atomic E-state index is 12.4. The van der Waals surface area contributed by atoms with Crippen LogP contribution in [0.4, 0.5) is 10.5 Å². The SMILES string of the molecule is COc1ccccc1Oc1ccccc1NC(=O)NC[C@H]1CCCCN1C. The van der Waals surface area contributed by atoms with E-state index in [-0.39, 0.29) is 6.03 Å². The maximum atomic E-state index is 12.4. The molecule has 27 heavy (non-hydrogen) atoms. The maximum Gasteiger partial charge on any atom is 0.319 e. The summed E-state index contributed by atoms with van der Waals surface area (Å²) in [5.41, 5.74) is 0.609. The Balaban J connectivity index is 1.62. The predicted octanol–water partition coefficient (Wildman–Crippen LogP) is 4.09. The number of likely N-dealkylation sites (tertiary alicyclic amines) is 1. The fraction of sp³-hybridized carbons (Fsp3) is 0.381. The fourth-order valence-corrected chi connectivity index (χ4v) is 3.26. The molecule has 0 unspecified atom stereocenters. The van der Waals surface area contributed by atoms with Gasteiger partial charge < -0.3 is 25.0 Å². The van der Waals surface area contributed by atoms with E-state index in [1.807, 2.05) is 48.5 Å². The van der Waals surface area contributed by atoms with Crippen molar-refractivity contribution in [1.29, 1.82) is 0 Å². The van der Waals surface area contributed by atoms with E-state index in [9.17, 15) is 4.79 Å². The first-order valence-electron chi connectivity index (χ1n) is 9.32. The van der Waals surface area contributed by atoms with E-state index < -0.39 is 0 Å². The Morgan fingerprint density at radius 3 is 2.52 bits per heavy atom. The van der Waals surface area contributed by atoms with Crippen molar-refractivity contribution in [2.75, 3.05) is 32.6 Å². The van der Waals surface area contributed by atoms with Crippen molar-refractivity contribution >= 4 is 11.7 Å². The van der Waals surface area contributed by atoms with E-state index in [1.54, 1.807) is 7.11 Å². The number of nitrogens with one attached hydrogen (secondary N) is 2. The van der Waals surface area contributed by atoms with Gasteiger partial charge in [-0.1, -0.05) is 30.7 Å². The molecule has 2 N–H and O–H groups in total. The molecule has 0 spiro atoms. The molecular formula is C21H27N3O3. The number of amides is 2. The molecule has 1 saturated heterocycles. The first kappa shape index (κ1) is 19.0. The van der Waals surface area contributed by atoms with Crippen LogP contribution in [0.2, 0.25) is 0 Å². The van der Waals surface area contributed by atoms with Crippen molar-refractivity contribution in [2.45, 2.75) is 25.3 Å². The molecule has 0 aliphatic carbocycles. The van der Waals surface area contributed by atoms with E-state index in [0.717, 1.165) is 13.0 Å². The number of urea groups is 1. The number of rotatable bonds is 6. The smallest absolute Gasteiger partial charge is 0.319 e. The van der Waals surface area contributed by atoms with Crippen molar-refractivity contribution in [3.8, 4) is 17.2 Å². The van der Waals surface area contributed by atoms with Gasteiger partial charge in [0.2, 0.25) is 0 Å². The average Bonchev–Trinajstić information content (AvgIpc) is 2.69. The number of para-hydroxylation sites is 4. The van der Waals surface area contributed by atoms with Crippen LogP contribution < -0.4 is 20.1 Å². The van der Waals surface area contributed by atoms with Gasteiger partial charge in [-0.15, -0.1) is 0 Å². The van der Waals surface area contributed by atoms with Gasteiger partial charge in [-0.2, -0.15) is 0 Å². The molecule has 3 rings (SSSR count). The molecular weight excluding hydrogens is 342 g/mol. The summed E-state index contributed by atoms with van der Waals surface area (Å²) in [5, 5.41) is 5.86. The normalized spacial score (nSPS) is 17.2. The van der Waals surface area contributed by atoms with Gasteiger partial charge in [-0.25, -0.2) is 4.79 Å². The van der Waals surface area contributed by atoms with Crippen molar-refractivity contribution in [3.05, 3.63) is 48.5 Å². The zero-order valence-electron chi connectivity index (χ0n) is 15.9. The lowest BCUT2D eigenvalue weighted by molar-refractivity contribution is 0.182. The van der Waals surface area contributed by atoms with Crippen LogP contribution in [0.3, 0.4) is 0 Å². The molecule has 0 saturated carbocycles. The molecule has 144 valence electrons. The van der Waals surface area contributed by atoms with Gasteiger partial charge in [0, 0.05) is 12.6 Å². The van der Waals surface area contributed by atoms with Gasteiger partial charge in [-0.05, 0) is 50.7 Å². The number of anilines is 1. The predicted molar refractivity (Wildman–Crippen MR) is 107 cm³/mol. The number of likely N-dealkylation sites (N-methyl/N-ethyl adjacent to an activating group) is 1. The highest BCUT2D eigenvalue weighted by atomic mass is 16.5. The van der Waals surface area contributed by atoms with Crippen molar-refractivity contribution < 1.29 is 14.3 Å². The summed E-state index contributed by atoms with van der Waals surface area (Å²) in [6.45, 7) is 1.72. The summed E-state index contributed by atoms with van der Waals surface area (Å²) in [6.07, 6.45) is 3.56. The van der Waals surface area contributed by atoms with Crippen LogP contribution in [0.15, 0.2) is 48.5 Å². The van der Waals surface area contributed by atoms with Crippen LogP contribution in [0, 0.1) is 0 Å². The Morgan fingerprint density at radius 2 is 1.78 bits per heavy atom. The van der Waals surface area contributed by atoms with Crippen LogP contribution in [-0.4, -0.2) is 44.2 Å². The standard InChI is InChI=1S/C21H27N3O3/c1-24-14-8-7-9-16(24)15-22-21(25)23-17-10-3-4-11-18(17)27-20-13-6-5-12-19(20)26-2/h3-6,10-13,16H,7-9,14-15H2,1-2H3,(H2,22,23,25)/t16-/m1/s1. The Morgan fingerprint density at radius 1 is 1.07 bits per heavy atom. The van der Waals surface area contributed by atoms with Gasteiger partial charge in [0.05, 0.1) is 12.8 Å². The second-order valence-electron chi connectivity index (χ2n) is 6.71. The lowest BCUT2D eigenvalue weighted by Crippen LogP contribution is -2.45. The van der Waals surface area contributed by atoms with Crippen molar-refractivity contribution in [2.24, 2.45) is 0 Å². The number of ether oxygens (including phenoxy) is 2. The van der Waals surface area contributed by atoms with Crippen molar-refractivity contribution in [1.82, 2.24) is 10.2 Å². The van der Waals surface area contributed by atoms with Crippen LogP contribution >= 0.6 is 0 Å². The molecule has 0 radical (unpaired) electrons. The molecule has 1 aliphatic rings. The highest BCUT2D eigenvalue weighted by molar-refractivity contribution is 5.91. The molecule has 2 aromatic carbocycles. The number of hydrogen-bond acceptors (Lipinski definition) is 4. The molecule has 2 amide bonds. The van der Waals surface area contributed by atoms with E-state index in [2.05, 4.69) is 22.6 Å². The van der Waals surface area contributed by atoms with Crippen LogP contribution in [0.5, 0.6) is 17.2 Å². The first-order valence-corrected chi connectivity index (χ1v) is 9.32. The third kappa shape index (κ3) is 5.14. The second kappa shape index (κ2) is 9.28. The summed E-state index contributed by atoms with van der Waals surface area (Å²) in [6, 6.07) is 14.9. The van der Waals surface area contributed by atoms with Gasteiger partial charge in [-0.3, -0.25) is 0 Å². The lowest BCUT2D eigenvalue weighted by atomic mass is 10.0. The quantitative estimate of drug-likeness (QED) is 0.805. The van der Waals surface area contributed by atoms with Gasteiger partial charge in [0.25, 0.3) is 0 Å². The number of methoxy groups -OCH3 is 1. The fourth-order valence-electron chi connectivity index (χ4n) is 3.26. The minimum absolute atomic E-state index is 0.231. The molecule has 0 bridgehead atoms. The monoisotopic (exact) mass is 369 g/mol. The molecule has 1 atom stereocenters. The highest BCUT2D eigenvalue weighted by Gasteiger charge is 2.19. The second-order valence-corrected chi connectivity index (χ2v) is 6.71. The summed E-state index contributed by atoms with van der Waals surface area (Å²) >= 11 is 0. The molecule has 1 aliphatic heterocycles. The third-order valence-corrected chi connectivity index (χ3v) is 4.84. The number of benzene rings is 2. The lowest BCUT2D eigenvalue weighted by Gasteiger charge is -2.32. The summed E-state index contributed by atoms with van der Waals surface area (Å²) in [5.74, 6) is 1.79. The van der Waals surface area contributed by atoms with E-state index in [1.165, 1.54) is 12.8 Å². The van der Waals surface area contributed by atoms with Crippen LogP contribution in [0.1, 0.15) is 19.3 Å². The summed E-state index contributed by atoms with van der Waals surface area (Å²) in [4.78, 5) is 14.7. The van der Waals surface area contributed by atoms with Gasteiger partial charge in [0.15, 0.2) is 17.2 Å². The molecule has 6 heteroatoms. The Kier molecular flexibility index (Phi) is 6.54. The molecule has 6 nitrogen and oxygen atoms in total. The zero-order valence-corrected chi connectivity index (χ0v) is 15.9. The first-order chi connectivity index (χ1) is 13.2. The molecule has 0 aromatic heterocycles. The van der Waals surface area contributed by atoms with Crippen LogP contribution in [0.25, 0.3) is 0 Å². The topological polar surface area (TPSA) is 62.8 Å². The number of carbonyl (C=O) groups is 1. The Labute approximate surface area is 160 Å². The number of carbonyl (C=O) groups excluding carboxylic acids is 1. The van der Waals surface area contributed by atoms with Crippen molar-refractivity contribution in [3.63, 3.8) is 0 Å². The summed E-state index contributed by atoms with van der Waals surface area (Å²) < 4.78 is 11.3. The van der Waals surface area contributed by atoms with E-state index >= 15 is 0 Å². The highest BCUT2D eigenvalue weighted by Crippen LogP contribution is 2.34. The van der Waals surface area contributed by atoms with E-state index in [4.69, 9.17) is 9.47 Å². The number of nitrogens with zero attached hydrogens (tertiary/aromatic N) is 1. The third-order valence-electron chi connectivity index (χ3n) is 4.84. The summed E-state index contributed by atoms with van der Waals surface area (Å²) in [7, 11) is 3.71. The van der Waals surface area contributed by atoms with Crippen LogP contribution in [-0.2, 0) is 0 Å². The molecule has 1 heterocycles. The van der Waals surface area contributed by atoms with E-state index in [0.29, 0.717) is 35.5 Å².